The number of nitrogens with one attached hydrogen (secondary N) is 1. The van der Waals surface area contributed by atoms with Gasteiger partial charge in [0.1, 0.15) is 0 Å². The van der Waals surface area contributed by atoms with Crippen LogP contribution in [0, 0.1) is 19.8 Å². The molecular formula is C17H33IN6O. The molecule has 0 amide bonds. The second-order valence-electron chi connectivity index (χ2n) is 6.67. The molecule has 2 rings (SSSR count). The van der Waals surface area contributed by atoms with Crippen molar-refractivity contribution in [3.05, 3.63) is 17.5 Å². The van der Waals surface area contributed by atoms with Crippen LogP contribution in [0.3, 0.4) is 0 Å². The van der Waals surface area contributed by atoms with E-state index in [-0.39, 0.29) is 24.0 Å². The number of halogens is 1. The first-order valence-electron chi connectivity index (χ1n) is 8.89. The number of aliphatic imine (C=N–C) groups is 1. The van der Waals surface area contributed by atoms with E-state index in [2.05, 4.69) is 40.2 Å². The van der Waals surface area contributed by atoms with Gasteiger partial charge in [-0.25, -0.2) is 0 Å². The molecule has 0 bridgehead atoms. The predicted octanol–water partition coefficient (Wildman–Crippen LogP) is 1.38. The summed E-state index contributed by atoms with van der Waals surface area (Å²) in [5, 5.41) is 7.69. The molecule has 2 heterocycles. The average Bonchev–Trinajstić information content (AvgIpc) is 2.88. The monoisotopic (exact) mass is 464 g/mol. The standard InChI is InChI=1S/C17H32N6O.HI/c1-14(13-23-16(3)11-15(2)21-23)12-20-17(18)19-5-4-6-22-7-9-24-10-8-22;/h11,14H,4-10,12-13H2,1-3H3,(H3,18,19,20);1H. The van der Waals surface area contributed by atoms with Crippen LogP contribution in [-0.2, 0) is 11.3 Å². The zero-order valence-electron chi connectivity index (χ0n) is 15.7. The van der Waals surface area contributed by atoms with Crippen molar-refractivity contribution < 1.29 is 4.74 Å². The first-order chi connectivity index (χ1) is 11.5. The van der Waals surface area contributed by atoms with Gasteiger partial charge in [-0.3, -0.25) is 14.6 Å². The molecule has 0 aromatic carbocycles. The largest absolute Gasteiger partial charge is 0.379 e. The Bertz CT molecular complexity index is 527. The fraction of sp³-hybridized carbons (Fsp3) is 0.765. The van der Waals surface area contributed by atoms with E-state index in [9.17, 15) is 0 Å². The van der Waals surface area contributed by atoms with Crippen LogP contribution in [0.2, 0.25) is 0 Å². The van der Waals surface area contributed by atoms with E-state index < -0.39 is 0 Å². The second kappa shape index (κ2) is 11.7. The lowest BCUT2D eigenvalue weighted by atomic mass is 10.2. The van der Waals surface area contributed by atoms with Gasteiger partial charge in [-0.15, -0.1) is 24.0 Å². The van der Waals surface area contributed by atoms with E-state index in [0.29, 0.717) is 18.4 Å². The van der Waals surface area contributed by atoms with E-state index in [1.165, 1.54) is 5.69 Å². The van der Waals surface area contributed by atoms with Gasteiger partial charge in [0.2, 0.25) is 0 Å². The summed E-state index contributed by atoms with van der Waals surface area (Å²) < 4.78 is 7.39. The maximum atomic E-state index is 5.95. The number of hydrogen-bond donors (Lipinski definition) is 2. The third kappa shape index (κ3) is 8.37. The molecule has 3 N–H and O–H groups in total. The maximum Gasteiger partial charge on any atom is 0.188 e. The van der Waals surface area contributed by atoms with Gasteiger partial charge in [0.25, 0.3) is 0 Å². The maximum absolute atomic E-state index is 5.95. The van der Waals surface area contributed by atoms with Gasteiger partial charge in [0, 0.05) is 38.4 Å². The van der Waals surface area contributed by atoms with Crippen molar-refractivity contribution in [3.63, 3.8) is 0 Å². The Balaban J connectivity index is 0.00000312. The van der Waals surface area contributed by atoms with Crippen LogP contribution in [0.5, 0.6) is 0 Å². The SMILES string of the molecule is Cc1cc(C)n(CC(C)CN=C(N)NCCCN2CCOCC2)n1.I. The van der Waals surface area contributed by atoms with Crippen LogP contribution in [-0.4, -0.2) is 66.6 Å². The summed E-state index contributed by atoms with van der Waals surface area (Å²) >= 11 is 0. The Morgan fingerprint density at radius 2 is 2.12 bits per heavy atom. The summed E-state index contributed by atoms with van der Waals surface area (Å²) in [6.07, 6.45) is 1.07. The summed E-state index contributed by atoms with van der Waals surface area (Å²) in [5.41, 5.74) is 8.20. The van der Waals surface area contributed by atoms with Gasteiger partial charge in [0.05, 0.1) is 18.9 Å². The Labute approximate surface area is 168 Å². The van der Waals surface area contributed by atoms with E-state index in [1.807, 2.05) is 11.6 Å². The molecule has 25 heavy (non-hydrogen) atoms. The molecule has 1 aromatic rings. The molecular weight excluding hydrogens is 431 g/mol. The van der Waals surface area contributed by atoms with E-state index in [4.69, 9.17) is 10.5 Å². The quantitative estimate of drug-likeness (QED) is 0.263. The van der Waals surface area contributed by atoms with Gasteiger partial charge in [0.15, 0.2) is 5.96 Å². The fourth-order valence-corrected chi connectivity index (χ4v) is 2.87. The highest BCUT2D eigenvalue weighted by Gasteiger charge is 2.09. The molecule has 1 aliphatic rings. The Hall–Kier alpha value is -0.870. The highest BCUT2D eigenvalue weighted by molar-refractivity contribution is 14.0. The minimum atomic E-state index is 0. The Morgan fingerprint density at radius 1 is 1.40 bits per heavy atom. The van der Waals surface area contributed by atoms with Crippen molar-refractivity contribution >= 4 is 29.9 Å². The number of hydrogen-bond acceptors (Lipinski definition) is 4. The molecule has 1 saturated heterocycles. The number of guanidine groups is 1. The third-order valence-electron chi connectivity index (χ3n) is 4.22. The summed E-state index contributed by atoms with van der Waals surface area (Å²) in [7, 11) is 0. The number of ether oxygens (including phenoxy) is 1. The smallest absolute Gasteiger partial charge is 0.188 e. The highest BCUT2D eigenvalue weighted by Crippen LogP contribution is 2.06. The minimum absolute atomic E-state index is 0. The van der Waals surface area contributed by atoms with Crippen LogP contribution in [0.1, 0.15) is 24.7 Å². The number of aromatic nitrogens is 2. The predicted molar refractivity (Wildman–Crippen MR) is 113 cm³/mol. The van der Waals surface area contributed by atoms with Crippen LogP contribution < -0.4 is 11.1 Å². The van der Waals surface area contributed by atoms with Crippen molar-refractivity contribution in [2.45, 2.75) is 33.7 Å². The van der Waals surface area contributed by atoms with Gasteiger partial charge in [-0.1, -0.05) is 6.92 Å². The number of nitrogens with zero attached hydrogens (tertiary/aromatic N) is 4. The van der Waals surface area contributed by atoms with E-state index >= 15 is 0 Å². The van der Waals surface area contributed by atoms with Crippen molar-refractivity contribution in [2.75, 3.05) is 45.9 Å². The average molecular weight is 464 g/mol. The lowest BCUT2D eigenvalue weighted by Gasteiger charge is -2.26. The van der Waals surface area contributed by atoms with Crippen LogP contribution in [0.4, 0.5) is 0 Å². The Morgan fingerprint density at radius 3 is 2.76 bits per heavy atom. The molecule has 1 aromatic heterocycles. The number of aryl methyl sites for hydroxylation is 2. The van der Waals surface area contributed by atoms with Crippen LogP contribution in [0.15, 0.2) is 11.1 Å². The lowest BCUT2D eigenvalue weighted by molar-refractivity contribution is 0.0376. The zero-order chi connectivity index (χ0) is 17.4. The first-order valence-corrected chi connectivity index (χ1v) is 8.89. The minimum Gasteiger partial charge on any atom is -0.379 e. The number of rotatable bonds is 8. The van der Waals surface area contributed by atoms with Crippen LogP contribution >= 0.6 is 24.0 Å². The number of nitrogens with two attached hydrogens (primary N) is 1. The molecule has 8 heteroatoms. The topological polar surface area (TPSA) is 80.7 Å². The molecule has 0 saturated carbocycles. The fourth-order valence-electron chi connectivity index (χ4n) is 2.87. The highest BCUT2D eigenvalue weighted by atomic mass is 127. The van der Waals surface area contributed by atoms with E-state index in [1.54, 1.807) is 0 Å². The molecule has 0 aliphatic carbocycles. The molecule has 1 fully saturated rings. The molecule has 1 atom stereocenters. The second-order valence-corrected chi connectivity index (χ2v) is 6.67. The van der Waals surface area contributed by atoms with Gasteiger partial charge < -0.3 is 15.8 Å². The van der Waals surface area contributed by atoms with Crippen molar-refractivity contribution in [1.82, 2.24) is 20.0 Å². The van der Waals surface area contributed by atoms with Crippen LogP contribution in [0.25, 0.3) is 0 Å². The molecule has 1 unspecified atom stereocenters. The molecule has 1 aliphatic heterocycles. The summed E-state index contributed by atoms with van der Waals surface area (Å²) in [6, 6.07) is 2.10. The summed E-state index contributed by atoms with van der Waals surface area (Å²) in [6.45, 7) is 13.6. The summed E-state index contributed by atoms with van der Waals surface area (Å²) in [4.78, 5) is 6.88. The number of morpholine rings is 1. The van der Waals surface area contributed by atoms with Gasteiger partial charge in [-0.2, -0.15) is 5.10 Å². The summed E-state index contributed by atoms with van der Waals surface area (Å²) in [5.74, 6) is 0.939. The molecule has 144 valence electrons. The van der Waals surface area contributed by atoms with Gasteiger partial charge in [-0.05, 0) is 38.8 Å². The van der Waals surface area contributed by atoms with Gasteiger partial charge >= 0.3 is 0 Å². The Kier molecular flexibility index (Phi) is 10.4. The molecule has 0 spiro atoms. The van der Waals surface area contributed by atoms with E-state index in [0.717, 1.165) is 58.1 Å². The lowest BCUT2D eigenvalue weighted by Crippen LogP contribution is -2.39. The van der Waals surface area contributed by atoms with Crippen molar-refractivity contribution in [2.24, 2.45) is 16.6 Å². The first kappa shape index (κ1) is 22.2. The molecule has 0 radical (unpaired) electrons. The zero-order valence-corrected chi connectivity index (χ0v) is 18.0. The van der Waals surface area contributed by atoms with Crippen molar-refractivity contribution in [3.8, 4) is 0 Å². The molecule has 7 nitrogen and oxygen atoms in total. The normalized spacial score (nSPS) is 17.2. The third-order valence-corrected chi connectivity index (χ3v) is 4.22. The van der Waals surface area contributed by atoms with Crippen molar-refractivity contribution in [1.29, 1.82) is 0 Å².